The van der Waals surface area contributed by atoms with Crippen LogP contribution in [0.5, 0.6) is 0 Å². The molecule has 0 bridgehead atoms. The Bertz CT molecular complexity index is 433. The molecule has 1 aromatic rings. The smallest absolute Gasteiger partial charge is 0.252 e. The van der Waals surface area contributed by atoms with E-state index in [2.05, 4.69) is 49.2 Å². The maximum Gasteiger partial charge on any atom is 0.252 e. The molecule has 0 spiro atoms. The highest BCUT2D eigenvalue weighted by atomic mass is 127. The topological polar surface area (TPSA) is 41.1 Å². The minimum atomic E-state index is -0.00149. The van der Waals surface area contributed by atoms with Crippen molar-refractivity contribution in [3.8, 4) is 0 Å². The van der Waals surface area contributed by atoms with Crippen LogP contribution in [0.25, 0.3) is 0 Å². The van der Waals surface area contributed by atoms with Crippen molar-refractivity contribution in [1.29, 1.82) is 0 Å². The van der Waals surface area contributed by atoms with E-state index in [0.29, 0.717) is 11.6 Å². The van der Waals surface area contributed by atoms with Crippen molar-refractivity contribution in [1.82, 2.24) is 10.6 Å². The van der Waals surface area contributed by atoms with Gasteiger partial charge >= 0.3 is 0 Å². The van der Waals surface area contributed by atoms with Gasteiger partial charge in [0.05, 0.1) is 5.56 Å². The lowest BCUT2D eigenvalue weighted by molar-refractivity contribution is 0.0951. The third kappa shape index (κ3) is 3.93. The second kappa shape index (κ2) is 6.86. The van der Waals surface area contributed by atoms with Crippen molar-refractivity contribution in [2.24, 2.45) is 0 Å². The summed E-state index contributed by atoms with van der Waals surface area (Å²) in [6.45, 7) is 1.84. The largest absolute Gasteiger partial charge is 0.352 e. The Morgan fingerprint density at radius 2 is 2.39 bits per heavy atom. The average molecular weight is 423 g/mol. The first-order valence-electron chi connectivity index (χ1n) is 6.13. The lowest BCUT2D eigenvalue weighted by Gasteiger charge is -2.11. The fraction of sp³-hybridized carbons (Fsp3) is 0.462. The van der Waals surface area contributed by atoms with Crippen molar-refractivity contribution >= 4 is 44.4 Å². The molecular formula is C13H16BrIN2O. The van der Waals surface area contributed by atoms with Crippen molar-refractivity contribution in [3.05, 3.63) is 31.8 Å². The van der Waals surface area contributed by atoms with E-state index in [1.165, 1.54) is 12.8 Å². The van der Waals surface area contributed by atoms with E-state index < -0.39 is 0 Å². The fourth-order valence-electron chi connectivity index (χ4n) is 2.13. The summed E-state index contributed by atoms with van der Waals surface area (Å²) in [6, 6.07) is 6.36. The van der Waals surface area contributed by atoms with E-state index in [1.807, 2.05) is 18.2 Å². The first-order valence-corrected chi connectivity index (χ1v) is 8.00. The number of hydrogen-bond acceptors (Lipinski definition) is 2. The second-order valence-electron chi connectivity index (χ2n) is 4.46. The van der Waals surface area contributed by atoms with Crippen LogP contribution in [0.4, 0.5) is 0 Å². The van der Waals surface area contributed by atoms with Crippen LogP contribution < -0.4 is 10.6 Å². The van der Waals surface area contributed by atoms with Gasteiger partial charge in [-0.25, -0.2) is 0 Å². The zero-order valence-corrected chi connectivity index (χ0v) is 13.8. The van der Waals surface area contributed by atoms with Crippen LogP contribution in [0.15, 0.2) is 22.7 Å². The molecule has 98 valence electrons. The number of rotatable bonds is 4. The standard InChI is InChI=1S/C13H16BrIN2O/c14-12-4-3-9(15)8-11(12)13(18)17-7-5-10-2-1-6-16-10/h3-4,8,10,16H,1-2,5-7H2,(H,17,18)/t10-/m1/s1. The van der Waals surface area contributed by atoms with Crippen LogP contribution >= 0.6 is 38.5 Å². The van der Waals surface area contributed by atoms with Crippen LogP contribution in [0.1, 0.15) is 29.6 Å². The molecule has 1 fully saturated rings. The zero-order chi connectivity index (χ0) is 13.0. The molecule has 18 heavy (non-hydrogen) atoms. The third-order valence-corrected chi connectivity index (χ3v) is 4.48. The van der Waals surface area contributed by atoms with Gasteiger partial charge in [-0.2, -0.15) is 0 Å². The van der Waals surface area contributed by atoms with Gasteiger partial charge in [0.15, 0.2) is 0 Å². The number of nitrogens with one attached hydrogen (secondary N) is 2. The predicted octanol–water partition coefficient (Wildman–Crippen LogP) is 2.93. The van der Waals surface area contributed by atoms with Crippen molar-refractivity contribution in [3.63, 3.8) is 0 Å². The van der Waals surface area contributed by atoms with E-state index in [1.54, 1.807) is 0 Å². The fourth-order valence-corrected chi connectivity index (χ4v) is 3.05. The van der Waals surface area contributed by atoms with Crippen LogP contribution in [0.2, 0.25) is 0 Å². The highest BCUT2D eigenvalue weighted by Gasteiger charge is 2.15. The molecule has 1 aliphatic heterocycles. The van der Waals surface area contributed by atoms with Gasteiger partial charge in [0.1, 0.15) is 0 Å². The lowest BCUT2D eigenvalue weighted by atomic mass is 10.1. The van der Waals surface area contributed by atoms with Crippen molar-refractivity contribution in [2.75, 3.05) is 13.1 Å². The first kappa shape index (κ1) is 14.3. The molecule has 0 aliphatic carbocycles. The molecule has 0 aromatic heterocycles. The summed E-state index contributed by atoms with van der Waals surface area (Å²) in [5.41, 5.74) is 0.710. The summed E-state index contributed by atoms with van der Waals surface area (Å²) < 4.78 is 1.91. The summed E-state index contributed by atoms with van der Waals surface area (Å²) >= 11 is 5.63. The number of halogens is 2. The van der Waals surface area contributed by atoms with Crippen LogP contribution in [0, 0.1) is 3.57 Å². The Morgan fingerprint density at radius 1 is 1.56 bits per heavy atom. The summed E-state index contributed by atoms with van der Waals surface area (Å²) in [5.74, 6) is -0.00149. The summed E-state index contributed by atoms with van der Waals surface area (Å²) in [4.78, 5) is 12.0. The van der Waals surface area contributed by atoms with Gasteiger partial charge in [-0.15, -0.1) is 0 Å². The first-order chi connectivity index (χ1) is 8.66. The minimum absolute atomic E-state index is 0.00149. The highest BCUT2D eigenvalue weighted by molar-refractivity contribution is 14.1. The number of amides is 1. The molecule has 1 aromatic carbocycles. The average Bonchev–Trinajstić information content (AvgIpc) is 2.85. The molecule has 1 heterocycles. The van der Waals surface area contributed by atoms with Gasteiger partial charge in [-0.05, 0) is 82.5 Å². The summed E-state index contributed by atoms with van der Waals surface area (Å²) in [6.07, 6.45) is 3.48. The van der Waals surface area contributed by atoms with Gasteiger partial charge < -0.3 is 10.6 Å². The van der Waals surface area contributed by atoms with Crippen molar-refractivity contribution in [2.45, 2.75) is 25.3 Å². The molecule has 1 saturated heterocycles. The molecule has 2 N–H and O–H groups in total. The Labute approximate surface area is 129 Å². The van der Waals surface area contributed by atoms with Crippen LogP contribution in [-0.4, -0.2) is 25.0 Å². The van der Waals surface area contributed by atoms with E-state index in [4.69, 9.17) is 0 Å². The minimum Gasteiger partial charge on any atom is -0.352 e. The van der Waals surface area contributed by atoms with Gasteiger partial charge in [-0.3, -0.25) is 4.79 Å². The SMILES string of the molecule is O=C(NCC[C@H]1CCCN1)c1cc(I)ccc1Br. The Hall–Kier alpha value is -0.140. The van der Waals surface area contributed by atoms with E-state index >= 15 is 0 Å². The number of hydrogen-bond donors (Lipinski definition) is 2. The zero-order valence-electron chi connectivity index (χ0n) is 10.0. The van der Waals surface area contributed by atoms with Gasteiger partial charge in [0, 0.05) is 20.6 Å². The van der Waals surface area contributed by atoms with Crippen LogP contribution in [0.3, 0.4) is 0 Å². The lowest BCUT2D eigenvalue weighted by Crippen LogP contribution is -2.30. The molecule has 0 unspecified atom stereocenters. The second-order valence-corrected chi connectivity index (χ2v) is 6.56. The quantitative estimate of drug-likeness (QED) is 0.732. The molecule has 0 radical (unpaired) electrons. The number of benzene rings is 1. The Kier molecular flexibility index (Phi) is 5.44. The van der Waals surface area contributed by atoms with E-state index in [9.17, 15) is 4.79 Å². The van der Waals surface area contributed by atoms with Gasteiger partial charge in [0.25, 0.3) is 5.91 Å². The molecular weight excluding hydrogens is 407 g/mol. The molecule has 2 rings (SSSR count). The Balaban J connectivity index is 1.85. The third-order valence-electron chi connectivity index (χ3n) is 3.11. The van der Waals surface area contributed by atoms with E-state index in [-0.39, 0.29) is 5.91 Å². The molecule has 1 aliphatic rings. The Morgan fingerprint density at radius 3 is 3.11 bits per heavy atom. The van der Waals surface area contributed by atoms with Crippen LogP contribution in [-0.2, 0) is 0 Å². The molecule has 1 atom stereocenters. The predicted molar refractivity (Wildman–Crippen MR) is 84.8 cm³/mol. The maximum atomic E-state index is 12.0. The summed E-state index contributed by atoms with van der Waals surface area (Å²) in [5, 5.41) is 6.41. The van der Waals surface area contributed by atoms with Crippen molar-refractivity contribution < 1.29 is 4.79 Å². The molecule has 1 amide bonds. The maximum absolute atomic E-state index is 12.0. The van der Waals surface area contributed by atoms with Gasteiger partial charge in [-0.1, -0.05) is 0 Å². The van der Waals surface area contributed by atoms with Gasteiger partial charge in [0.2, 0.25) is 0 Å². The highest BCUT2D eigenvalue weighted by Crippen LogP contribution is 2.19. The van der Waals surface area contributed by atoms with E-state index in [0.717, 1.165) is 27.6 Å². The number of carbonyl (C=O) groups excluding carboxylic acids is 1. The number of carbonyl (C=O) groups is 1. The normalized spacial score (nSPS) is 18.9. The molecule has 5 heteroatoms. The summed E-state index contributed by atoms with van der Waals surface area (Å²) in [7, 11) is 0. The molecule has 0 saturated carbocycles. The monoisotopic (exact) mass is 422 g/mol. The molecule has 3 nitrogen and oxygen atoms in total.